The molecule has 3 aromatic rings. The van der Waals surface area contributed by atoms with Crippen LogP contribution < -0.4 is 43.8 Å². The highest BCUT2D eigenvalue weighted by Crippen LogP contribution is 2.17. The smallest absolute Gasteiger partial charge is 0.407 e. The Morgan fingerprint density at radius 1 is 0.525 bits per heavy atom. The lowest BCUT2D eigenvalue weighted by molar-refractivity contribution is -0.132. The Kier molecular flexibility index (Phi) is 23.1. The molecule has 0 bridgehead atoms. The molecule has 16 nitrogen and oxygen atoms in total. The second-order valence-electron chi connectivity index (χ2n) is 14.4. The van der Waals surface area contributed by atoms with Crippen LogP contribution in [0.3, 0.4) is 0 Å². The van der Waals surface area contributed by atoms with Crippen molar-refractivity contribution in [3.05, 3.63) is 106 Å². The lowest BCUT2D eigenvalue weighted by atomic mass is 10.0. The molecule has 0 aliphatic rings. The third-order valence-corrected chi connectivity index (χ3v) is 10.3. The fraction of sp³-hybridized carbons (Fsp3) is 0.442. The molecule has 0 heterocycles. The second-order valence-corrected chi connectivity index (χ2v) is 15.2. The fourth-order valence-electron chi connectivity index (χ4n) is 5.95. The summed E-state index contributed by atoms with van der Waals surface area (Å²) in [6, 6.07) is 19.4. The number of halogens is 2. The Morgan fingerprint density at radius 3 is 1.48 bits per heavy atom. The Hall–Kier alpha value is -5.42. The normalized spacial score (nSPS) is 12.8. The van der Waals surface area contributed by atoms with Crippen LogP contribution in [-0.4, -0.2) is 79.6 Å². The zero-order chi connectivity index (χ0) is 44.4. The summed E-state index contributed by atoms with van der Waals surface area (Å²) in [6.45, 7) is 0.982. The summed E-state index contributed by atoms with van der Waals surface area (Å²) in [7, 11) is 0. The number of alkyl carbamates (subject to hydrolysis) is 2. The first kappa shape index (κ1) is 49.9. The van der Waals surface area contributed by atoms with Crippen LogP contribution >= 0.6 is 23.2 Å². The maximum Gasteiger partial charge on any atom is 0.407 e. The van der Waals surface area contributed by atoms with Gasteiger partial charge in [-0.2, -0.15) is 0 Å². The van der Waals surface area contributed by atoms with E-state index >= 15 is 0 Å². The minimum Gasteiger partial charge on any atom is -0.445 e. The van der Waals surface area contributed by atoms with Gasteiger partial charge in [0.05, 0.1) is 12.1 Å². The van der Waals surface area contributed by atoms with Gasteiger partial charge < -0.3 is 53.3 Å². The highest BCUT2D eigenvalue weighted by Gasteiger charge is 2.27. The Balaban J connectivity index is 1.40. The molecule has 0 radical (unpaired) electrons. The molecule has 18 heteroatoms. The van der Waals surface area contributed by atoms with Gasteiger partial charge in [-0.25, -0.2) is 9.59 Å². The lowest BCUT2D eigenvalue weighted by Gasteiger charge is -2.23. The second kappa shape index (κ2) is 28.2. The number of primary amides is 1. The summed E-state index contributed by atoms with van der Waals surface area (Å²) in [6.07, 6.45) is 2.89. The monoisotopic (exact) mass is 884 g/mol. The van der Waals surface area contributed by atoms with Gasteiger partial charge in [-0.1, -0.05) is 89.9 Å². The van der Waals surface area contributed by atoms with Gasteiger partial charge in [0.15, 0.2) is 0 Å². The van der Waals surface area contributed by atoms with E-state index in [1.165, 1.54) is 0 Å². The van der Waals surface area contributed by atoms with E-state index < -0.39 is 54.1 Å². The number of nitrogens with one attached hydrogen (secondary N) is 5. The Morgan fingerprint density at radius 2 is 0.967 bits per heavy atom. The highest BCUT2D eigenvalue weighted by atomic mass is 35.5. The summed E-state index contributed by atoms with van der Waals surface area (Å²) >= 11 is 12.2. The van der Waals surface area contributed by atoms with E-state index in [0.717, 1.165) is 5.56 Å². The third-order valence-electron chi connectivity index (χ3n) is 9.52. The van der Waals surface area contributed by atoms with Crippen molar-refractivity contribution in [2.75, 3.05) is 19.6 Å². The molecule has 11 N–H and O–H groups in total. The van der Waals surface area contributed by atoms with E-state index in [9.17, 15) is 28.8 Å². The number of ether oxygens (including phenoxy) is 2. The molecule has 0 unspecified atom stereocenters. The number of amides is 6. The Labute approximate surface area is 366 Å². The Bertz CT molecular complexity index is 1860. The first-order valence-corrected chi connectivity index (χ1v) is 21.1. The predicted molar refractivity (Wildman–Crippen MR) is 233 cm³/mol. The van der Waals surface area contributed by atoms with Crippen LogP contribution in [-0.2, 0) is 48.3 Å². The maximum atomic E-state index is 13.5. The molecule has 61 heavy (non-hydrogen) atoms. The number of carbonyl (C=O) groups excluding carboxylic acids is 6. The number of carbonyl (C=O) groups is 6. The number of hydrogen-bond acceptors (Lipinski definition) is 10. The number of hydrogen-bond donors (Lipinski definition) is 8. The predicted octanol–water partition coefficient (Wildman–Crippen LogP) is 4.13. The minimum absolute atomic E-state index is 0.0236. The van der Waals surface area contributed by atoms with Gasteiger partial charge in [0.1, 0.15) is 25.3 Å². The van der Waals surface area contributed by atoms with Gasteiger partial charge in [-0.3, -0.25) is 19.2 Å². The van der Waals surface area contributed by atoms with Crippen molar-refractivity contribution in [2.24, 2.45) is 17.2 Å². The van der Waals surface area contributed by atoms with Gasteiger partial charge in [0, 0.05) is 47.2 Å². The topological polar surface area (TPSA) is 259 Å². The molecule has 0 fully saturated rings. The van der Waals surface area contributed by atoms with Gasteiger partial charge in [0.25, 0.3) is 0 Å². The maximum absolute atomic E-state index is 13.5. The molecule has 332 valence electrons. The number of nitrogens with two attached hydrogens (primary N) is 3. The van der Waals surface area contributed by atoms with Gasteiger partial charge in [0.2, 0.25) is 23.6 Å². The molecule has 0 saturated carbocycles. The summed E-state index contributed by atoms with van der Waals surface area (Å²) in [5, 5.41) is 14.5. The molecular weight excluding hydrogens is 827 g/mol. The van der Waals surface area contributed by atoms with E-state index in [1.807, 2.05) is 6.07 Å². The summed E-state index contributed by atoms with van der Waals surface area (Å²) < 4.78 is 10.4. The van der Waals surface area contributed by atoms with Gasteiger partial charge >= 0.3 is 12.2 Å². The van der Waals surface area contributed by atoms with Crippen LogP contribution in [0.5, 0.6) is 0 Å². The van der Waals surface area contributed by atoms with Crippen LogP contribution in [0.1, 0.15) is 74.5 Å². The van der Waals surface area contributed by atoms with Crippen molar-refractivity contribution in [1.82, 2.24) is 26.6 Å². The quantitative estimate of drug-likeness (QED) is 0.0508. The number of benzene rings is 3. The van der Waals surface area contributed by atoms with Crippen molar-refractivity contribution >= 4 is 59.0 Å². The first-order valence-electron chi connectivity index (χ1n) is 20.3. The van der Waals surface area contributed by atoms with Crippen LogP contribution in [0.2, 0.25) is 10.0 Å². The molecule has 0 aromatic heterocycles. The zero-order valence-electron chi connectivity index (χ0n) is 34.2. The number of rotatable bonds is 27. The largest absolute Gasteiger partial charge is 0.445 e. The van der Waals surface area contributed by atoms with E-state index in [-0.39, 0.29) is 44.9 Å². The molecule has 3 aromatic carbocycles. The van der Waals surface area contributed by atoms with Crippen LogP contribution in [0.4, 0.5) is 9.59 Å². The molecular formula is C43H58Cl2N8O8. The molecule has 0 aliphatic carbocycles. The van der Waals surface area contributed by atoms with Crippen LogP contribution in [0.25, 0.3) is 0 Å². The summed E-state index contributed by atoms with van der Waals surface area (Å²) in [5.41, 5.74) is 20.1. The van der Waals surface area contributed by atoms with E-state index in [4.69, 9.17) is 49.9 Å². The fourth-order valence-corrected chi connectivity index (χ4v) is 6.33. The van der Waals surface area contributed by atoms with Gasteiger partial charge in [-0.15, -0.1) is 0 Å². The van der Waals surface area contributed by atoms with E-state index in [2.05, 4.69) is 26.6 Å². The molecule has 6 amide bonds. The van der Waals surface area contributed by atoms with Crippen molar-refractivity contribution in [3.8, 4) is 0 Å². The van der Waals surface area contributed by atoms with E-state index in [1.54, 1.807) is 72.8 Å². The van der Waals surface area contributed by atoms with Crippen molar-refractivity contribution in [2.45, 2.75) is 102 Å². The average Bonchev–Trinajstić information content (AvgIpc) is 3.24. The standard InChI is InChI=1S/C43H58Cl2N8O8/c44-32-18-6-4-16-30(32)27-60-42(58)50-24-11-8-20-34(46)39(55)49-23-13-10-22-36(41(57)53-37(38(48)54)26-29-14-2-1-3-15-29)52-40(56)35(47)21-9-12-25-51-43(59)61-28-31-17-5-7-19-33(31)45/h1-7,14-19,34-37H,8-13,20-28,46-47H2,(H2,48,54)(H,49,55)(H,50,58)(H,51,59)(H,52,56)(H,53,57)/t34-,35-,36-,37-/m1/s1. The highest BCUT2D eigenvalue weighted by molar-refractivity contribution is 6.31. The van der Waals surface area contributed by atoms with Gasteiger partial charge in [-0.05, 0) is 75.5 Å². The molecule has 4 atom stereocenters. The summed E-state index contributed by atoms with van der Waals surface area (Å²) in [5.74, 6) is -2.23. The minimum atomic E-state index is -1.05. The number of unbranched alkanes of at least 4 members (excludes halogenated alkanes) is 3. The molecule has 0 spiro atoms. The molecule has 0 aliphatic heterocycles. The van der Waals surface area contributed by atoms with Crippen LogP contribution in [0.15, 0.2) is 78.9 Å². The SMILES string of the molecule is NC(=O)[C@@H](Cc1ccccc1)NC(=O)[C@@H](CCCCNC(=O)[C@H](N)CCCCNC(=O)OCc1ccccc1Cl)NC(=O)[C@H](N)CCCCNC(=O)OCc1ccccc1Cl. The lowest BCUT2D eigenvalue weighted by Crippen LogP contribution is -2.55. The first-order chi connectivity index (χ1) is 29.3. The van der Waals surface area contributed by atoms with E-state index in [0.29, 0.717) is 79.2 Å². The molecule has 0 saturated heterocycles. The average molecular weight is 886 g/mol. The molecule has 3 rings (SSSR count). The summed E-state index contributed by atoms with van der Waals surface area (Å²) in [4.78, 5) is 75.7. The van der Waals surface area contributed by atoms with Crippen molar-refractivity contribution in [3.63, 3.8) is 0 Å². The zero-order valence-corrected chi connectivity index (χ0v) is 35.7. The van der Waals surface area contributed by atoms with Crippen molar-refractivity contribution in [1.29, 1.82) is 0 Å². The van der Waals surface area contributed by atoms with Crippen molar-refractivity contribution < 1.29 is 38.2 Å². The van der Waals surface area contributed by atoms with Crippen LogP contribution in [0, 0.1) is 0 Å². The third kappa shape index (κ3) is 20.1.